The molecule has 0 radical (unpaired) electrons. The molecule has 4 rings (SSSR count). The molecule has 2 N–H and O–H groups in total. The first-order valence-corrected chi connectivity index (χ1v) is 11.1. The SMILES string of the molecule is CN1CCN(C(=O)Nc2nc(CC(=O)Nc3nc4ccc(Cl)cc4s3)cs2)CC1. The van der Waals surface area contributed by atoms with E-state index in [2.05, 4.69) is 25.5 Å². The van der Waals surface area contributed by atoms with E-state index in [0.29, 0.717) is 34.1 Å². The van der Waals surface area contributed by atoms with Gasteiger partial charge in [0.05, 0.1) is 22.3 Å². The number of carbonyl (C=O) groups excluding carboxylic acids is 2. The highest BCUT2D eigenvalue weighted by atomic mass is 35.5. The zero-order valence-electron chi connectivity index (χ0n) is 15.6. The highest BCUT2D eigenvalue weighted by molar-refractivity contribution is 7.22. The first-order chi connectivity index (χ1) is 14.0. The van der Waals surface area contributed by atoms with Gasteiger partial charge in [-0.25, -0.2) is 14.8 Å². The molecule has 0 saturated carbocycles. The number of hydrogen-bond acceptors (Lipinski definition) is 7. The number of anilines is 2. The lowest BCUT2D eigenvalue weighted by atomic mass is 10.3. The van der Waals surface area contributed by atoms with Crippen LogP contribution in [0, 0.1) is 0 Å². The predicted molar refractivity (Wildman–Crippen MR) is 117 cm³/mol. The zero-order valence-corrected chi connectivity index (χ0v) is 18.0. The Morgan fingerprint density at radius 2 is 1.93 bits per heavy atom. The molecule has 1 saturated heterocycles. The summed E-state index contributed by atoms with van der Waals surface area (Å²) in [5.74, 6) is -0.211. The number of urea groups is 1. The maximum absolute atomic E-state index is 12.3. The molecule has 2 aromatic heterocycles. The second-order valence-corrected chi connectivity index (χ2v) is 9.05. The number of thiazole rings is 2. The summed E-state index contributed by atoms with van der Waals surface area (Å²) in [6.07, 6.45) is 0.109. The van der Waals surface area contributed by atoms with Crippen molar-refractivity contribution in [1.29, 1.82) is 0 Å². The van der Waals surface area contributed by atoms with Crippen LogP contribution in [-0.2, 0) is 11.2 Å². The molecular formula is C18H19ClN6O2S2. The maximum atomic E-state index is 12.3. The molecule has 3 aromatic rings. The quantitative estimate of drug-likeness (QED) is 0.636. The number of rotatable bonds is 4. The van der Waals surface area contributed by atoms with E-state index in [9.17, 15) is 9.59 Å². The van der Waals surface area contributed by atoms with Gasteiger partial charge >= 0.3 is 6.03 Å². The number of nitrogens with one attached hydrogen (secondary N) is 2. The van der Waals surface area contributed by atoms with Crippen LogP contribution in [0.2, 0.25) is 5.02 Å². The Bertz CT molecular complexity index is 1040. The summed E-state index contributed by atoms with van der Waals surface area (Å²) in [5.41, 5.74) is 1.39. The third kappa shape index (κ3) is 5.02. The lowest BCUT2D eigenvalue weighted by Gasteiger charge is -2.32. The van der Waals surface area contributed by atoms with E-state index in [1.807, 2.05) is 19.2 Å². The minimum Gasteiger partial charge on any atom is -0.322 e. The van der Waals surface area contributed by atoms with Gasteiger partial charge in [-0.05, 0) is 25.2 Å². The van der Waals surface area contributed by atoms with Crippen LogP contribution >= 0.6 is 34.3 Å². The monoisotopic (exact) mass is 450 g/mol. The van der Waals surface area contributed by atoms with E-state index < -0.39 is 0 Å². The van der Waals surface area contributed by atoms with Gasteiger partial charge in [-0.1, -0.05) is 22.9 Å². The Kier molecular flexibility index (Phi) is 5.95. The molecule has 29 heavy (non-hydrogen) atoms. The van der Waals surface area contributed by atoms with Crippen molar-refractivity contribution in [3.63, 3.8) is 0 Å². The number of nitrogens with zero attached hydrogens (tertiary/aromatic N) is 4. The molecular weight excluding hydrogens is 432 g/mol. The number of piperazine rings is 1. The Hall–Kier alpha value is -2.27. The first kappa shape index (κ1) is 20.0. The minimum absolute atomic E-state index is 0.109. The van der Waals surface area contributed by atoms with E-state index in [-0.39, 0.29) is 18.4 Å². The fourth-order valence-corrected chi connectivity index (χ4v) is 4.76. The first-order valence-electron chi connectivity index (χ1n) is 9.01. The standard InChI is InChI=1S/C18H19ClN6O2S2/c1-24-4-6-25(7-5-24)18(27)23-16-20-12(10-28-16)9-15(26)22-17-21-13-3-2-11(19)8-14(13)29-17/h2-3,8,10H,4-7,9H2,1H3,(H,20,23,27)(H,21,22,26). The van der Waals surface area contributed by atoms with Crippen molar-refractivity contribution in [1.82, 2.24) is 19.8 Å². The predicted octanol–water partition coefficient (Wildman–Crippen LogP) is 3.37. The van der Waals surface area contributed by atoms with Gasteiger partial charge in [-0.15, -0.1) is 11.3 Å². The van der Waals surface area contributed by atoms with Crippen LogP contribution in [0.15, 0.2) is 23.6 Å². The largest absolute Gasteiger partial charge is 0.323 e. The molecule has 0 atom stereocenters. The van der Waals surface area contributed by atoms with Crippen molar-refractivity contribution < 1.29 is 9.59 Å². The summed E-state index contributed by atoms with van der Waals surface area (Å²) in [5, 5.41) is 9.03. The third-order valence-electron chi connectivity index (χ3n) is 4.49. The summed E-state index contributed by atoms with van der Waals surface area (Å²) in [7, 11) is 2.04. The lowest BCUT2D eigenvalue weighted by molar-refractivity contribution is -0.115. The molecule has 8 nitrogen and oxygen atoms in total. The van der Waals surface area contributed by atoms with Gasteiger partial charge in [-0.3, -0.25) is 10.1 Å². The Morgan fingerprint density at radius 1 is 1.14 bits per heavy atom. The highest BCUT2D eigenvalue weighted by Gasteiger charge is 2.20. The zero-order chi connectivity index (χ0) is 20.4. The van der Waals surface area contributed by atoms with E-state index >= 15 is 0 Å². The van der Waals surface area contributed by atoms with Crippen LogP contribution < -0.4 is 10.6 Å². The van der Waals surface area contributed by atoms with Crippen molar-refractivity contribution in [3.8, 4) is 0 Å². The van der Waals surface area contributed by atoms with Gasteiger partial charge in [0.25, 0.3) is 0 Å². The summed E-state index contributed by atoms with van der Waals surface area (Å²) in [4.78, 5) is 37.3. The number of carbonyl (C=O) groups is 2. The van der Waals surface area contributed by atoms with Crippen molar-refractivity contribution in [3.05, 3.63) is 34.3 Å². The van der Waals surface area contributed by atoms with Crippen LogP contribution in [0.1, 0.15) is 5.69 Å². The molecule has 1 aromatic carbocycles. The fourth-order valence-electron chi connectivity index (χ4n) is 2.91. The van der Waals surface area contributed by atoms with Gasteiger partial charge in [-0.2, -0.15) is 0 Å². The average molecular weight is 451 g/mol. The summed E-state index contributed by atoms with van der Waals surface area (Å²) >= 11 is 8.66. The van der Waals surface area contributed by atoms with Crippen LogP contribution in [-0.4, -0.2) is 64.9 Å². The van der Waals surface area contributed by atoms with Crippen molar-refractivity contribution >= 4 is 66.7 Å². The second kappa shape index (κ2) is 8.62. The van der Waals surface area contributed by atoms with Gasteiger partial charge in [0.1, 0.15) is 0 Å². The van der Waals surface area contributed by atoms with E-state index in [4.69, 9.17) is 11.6 Å². The molecule has 3 amide bonds. The van der Waals surface area contributed by atoms with Gasteiger partial charge in [0.15, 0.2) is 10.3 Å². The molecule has 0 unspecified atom stereocenters. The van der Waals surface area contributed by atoms with Gasteiger partial charge in [0, 0.05) is 36.6 Å². The summed E-state index contributed by atoms with van der Waals surface area (Å²) in [6, 6.07) is 5.25. The molecule has 1 fully saturated rings. The van der Waals surface area contributed by atoms with Crippen LogP contribution in [0.4, 0.5) is 15.1 Å². The normalized spacial score (nSPS) is 14.9. The van der Waals surface area contributed by atoms with Gasteiger partial charge < -0.3 is 15.1 Å². The number of amides is 3. The molecule has 0 aliphatic carbocycles. The van der Waals surface area contributed by atoms with Crippen LogP contribution in [0.25, 0.3) is 10.2 Å². The number of aromatic nitrogens is 2. The lowest BCUT2D eigenvalue weighted by Crippen LogP contribution is -2.48. The second-order valence-electron chi connectivity index (χ2n) is 6.72. The third-order valence-corrected chi connectivity index (χ3v) is 6.47. The number of hydrogen-bond donors (Lipinski definition) is 2. The van der Waals surface area contributed by atoms with Crippen LogP contribution in [0.5, 0.6) is 0 Å². The van der Waals surface area contributed by atoms with Gasteiger partial charge in [0.2, 0.25) is 5.91 Å². The Balaban J connectivity index is 1.32. The number of likely N-dealkylation sites (N-methyl/N-ethyl adjacent to an activating group) is 1. The van der Waals surface area contributed by atoms with Crippen molar-refractivity contribution in [2.75, 3.05) is 43.9 Å². The maximum Gasteiger partial charge on any atom is 0.323 e. The molecule has 1 aliphatic heterocycles. The summed E-state index contributed by atoms with van der Waals surface area (Å²) in [6.45, 7) is 3.09. The molecule has 152 valence electrons. The van der Waals surface area contributed by atoms with E-state index in [1.165, 1.54) is 22.7 Å². The fraction of sp³-hybridized carbons (Fsp3) is 0.333. The number of fused-ring (bicyclic) bond motifs is 1. The van der Waals surface area contributed by atoms with E-state index in [1.54, 1.807) is 16.3 Å². The van der Waals surface area contributed by atoms with E-state index in [0.717, 1.165) is 23.3 Å². The van der Waals surface area contributed by atoms with Crippen molar-refractivity contribution in [2.45, 2.75) is 6.42 Å². The molecule has 0 bridgehead atoms. The topological polar surface area (TPSA) is 90.5 Å². The molecule has 11 heteroatoms. The highest BCUT2D eigenvalue weighted by Crippen LogP contribution is 2.28. The smallest absolute Gasteiger partial charge is 0.322 e. The average Bonchev–Trinajstić information content (AvgIpc) is 3.27. The van der Waals surface area contributed by atoms with Crippen molar-refractivity contribution in [2.24, 2.45) is 0 Å². The Morgan fingerprint density at radius 3 is 2.72 bits per heavy atom. The minimum atomic E-state index is -0.211. The molecule has 1 aliphatic rings. The molecule has 3 heterocycles. The summed E-state index contributed by atoms with van der Waals surface area (Å²) < 4.78 is 0.912. The number of halogens is 1. The van der Waals surface area contributed by atoms with Crippen LogP contribution in [0.3, 0.4) is 0 Å². The molecule has 0 spiro atoms. The Labute approximate surface area is 180 Å². The number of benzene rings is 1.